The van der Waals surface area contributed by atoms with Crippen LogP contribution in [-0.4, -0.2) is 11.0 Å². The fourth-order valence-electron chi connectivity index (χ4n) is 1.74. The van der Waals surface area contributed by atoms with Crippen LogP contribution in [0.3, 0.4) is 0 Å². The van der Waals surface area contributed by atoms with Crippen LogP contribution in [0.1, 0.15) is 5.56 Å². The average molecular weight is 306 g/mol. The molecule has 0 aliphatic carbocycles. The molecule has 0 heterocycles. The van der Waals surface area contributed by atoms with E-state index in [0.717, 1.165) is 0 Å². The number of hydrogen-bond donors (Lipinski definition) is 2. The Balaban J connectivity index is 2.10. The largest absolute Gasteiger partial charge is 0.323 e. The highest BCUT2D eigenvalue weighted by Gasteiger charge is 2.11. The number of nitro benzene ring substituents is 1. The Morgan fingerprint density at radius 3 is 2.43 bits per heavy atom. The molecule has 0 radical (unpaired) electrons. The molecule has 0 saturated heterocycles. The molecule has 0 spiro atoms. The van der Waals surface area contributed by atoms with Crippen LogP contribution in [0, 0.1) is 17.0 Å². The number of carbonyl (C=O) groups excluding carboxylic acids is 1. The number of urea groups is 1. The number of nitrogens with zero attached hydrogens (tertiary/aromatic N) is 1. The highest BCUT2D eigenvalue weighted by molar-refractivity contribution is 6.33. The molecule has 2 aromatic rings. The van der Waals surface area contributed by atoms with Gasteiger partial charge in [-0.05, 0) is 30.7 Å². The van der Waals surface area contributed by atoms with Gasteiger partial charge in [-0.3, -0.25) is 10.1 Å². The lowest BCUT2D eigenvalue weighted by atomic mass is 10.2. The summed E-state index contributed by atoms with van der Waals surface area (Å²) in [4.78, 5) is 22.1. The number of benzene rings is 2. The van der Waals surface area contributed by atoms with Crippen LogP contribution in [0.4, 0.5) is 21.9 Å². The lowest BCUT2D eigenvalue weighted by Crippen LogP contribution is -2.20. The van der Waals surface area contributed by atoms with Crippen molar-refractivity contribution in [2.24, 2.45) is 0 Å². The minimum atomic E-state index is -0.486. The summed E-state index contributed by atoms with van der Waals surface area (Å²) >= 11 is 5.94. The zero-order valence-corrected chi connectivity index (χ0v) is 11.8. The van der Waals surface area contributed by atoms with Gasteiger partial charge in [0, 0.05) is 17.8 Å². The summed E-state index contributed by atoms with van der Waals surface area (Å²) in [5.74, 6) is 0. The van der Waals surface area contributed by atoms with Crippen LogP contribution in [0.15, 0.2) is 42.5 Å². The molecule has 0 aromatic heterocycles. The normalized spacial score (nSPS) is 10.0. The zero-order valence-electron chi connectivity index (χ0n) is 11.1. The first-order valence-electron chi connectivity index (χ1n) is 6.05. The van der Waals surface area contributed by atoms with Crippen molar-refractivity contribution in [2.45, 2.75) is 6.92 Å². The number of hydrogen-bond acceptors (Lipinski definition) is 3. The maximum Gasteiger partial charge on any atom is 0.323 e. The van der Waals surface area contributed by atoms with Crippen LogP contribution >= 0.6 is 11.6 Å². The Labute approximate surface area is 125 Å². The number of halogens is 1. The van der Waals surface area contributed by atoms with Crippen LogP contribution in [0.2, 0.25) is 5.02 Å². The molecule has 108 valence electrons. The molecule has 0 aliphatic heterocycles. The number of nitro groups is 1. The first kappa shape index (κ1) is 14.8. The third kappa shape index (κ3) is 3.70. The SMILES string of the molecule is Cc1cc([N+](=O)[O-])ccc1NC(=O)Nc1ccccc1Cl. The van der Waals surface area contributed by atoms with Gasteiger partial charge in [0.1, 0.15) is 0 Å². The summed E-state index contributed by atoms with van der Waals surface area (Å²) < 4.78 is 0. The molecule has 0 unspecified atom stereocenters. The number of carbonyl (C=O) groups is 1. The number of amides is 2. The molecule has 0 fully saturated rings. The summed E-state index contributed by atoms with van der Waals surface area (Å²) in [6.07, 6.45) is 0. The molecule has 2 amide bonds. The van der Waals surface area contributed by atoms with E-state index in [9.17, 15) is 14.9 Å². The third-order valence-electron chi connectivity index (χ3n) is 2.79. The third-order valence-corrected chi connectivity index (χ3v) is 3.12. The maximum atomic E-state index is 11.9. The van der Waals surface area contributed by atoms with Crippen LogP contribution in [0.5, 0.6) is 0 Å². The Kier molecular flexibility index (Phi) is 4.39. The van der Waals surface area contributed by atoms with Gasteiger partial charge in [-0.15, -0.1) is 0 Å². The molecule has 7 heteroatoms. The molecule has 6 nitrogen and oxygen atoms in total. The molecule has 0 atom stereocenters. The Hall–Kier alpha value is -2.60. The van der Waals surface area contributed by atoms with Gasteiger partial charge >= 0.3 is 6.03 Å². The van der Waals surface area contributed by atoms with E-state index in [2.05, 4.69) is 10.6 Å². The molecular formula is C14H12ClN3O3. The molecule has 21 heavy (non-hydrogen) atoms. The topological polar surface area (TPSA) is 84.3 Å². The van der Waals surface area contributed by atoms with Crippen molar-refractivity contribution in [1.29, 1.82) is 0 Å². The number of aryl methyl sites for hydroxylation is 1. The second kappa shape index (κ2) is 6.23. The van der Waals surface area contributed by atoms with Gasteiger partial charge in [0.15, 0.2) is 0 Å². The standard InChI is InChI=1S/C14H12ClN3O3/c1-9-8-10(18(20)21)6-7-12(9)16-14(19)17-13-5-3-2-4-11(13)15/h2-8H,1H3,(H2,16,17,19). The predicted octanol–water partition coefficient (Wildman–Crippen LogP) is 4.20. The fourth-order valence-corrected chi connectivity index (χ4v) is 1.92. The van der Waals surface area contributed by atoms with Crippen molar-refractivity contribution in [3.63, 3.8) is 0 Å². The van der Waals surface area contributed by atoms with Gasteiger partial charge in [-0.2, -0.15) is 0 Å². The molecule has 2 N–H and O–H groups in total. The Morgan fingerprint density at radius 1 is 1.14 bits per heavy atom. The van der Waals surface area contributed by atoms with E-state index < -0.39 is 11.0 Å². The maximum absolute atomic E-state index is 11.9. The van der Waals surface area contributed by atoms with E-state index in [1.807, 2.05) is 0 Å². The van der Waals surface area contributed by atoms with Crippen LogP contribution < -0.4 is 10.6 Å². The predicted molar refractivity (Wildman–Crippen MR) is 81.9 cm³/mol. The van der Waals surface area contributed by atoms with Crippen molar-refractivity contribution < 1.29 is 9.72 Å². The van der Waals surface area contributed by atoms with Crippen molar-refractivity contribution >= 4 is 34.7 Å². The molecule has 0 bridgehead atoms. The van der Waals surface area contributed by atoms with E-state index in [0.29, 0.717) is 22.0 Å². The van der Waals surface area contributed by atoms with E-state index in [1.165, 1.54) is 18.2 Å². The molecule has 0 saturated carbocycles. The van der Waals surface area contributed by atoms with Gasteiger partial charge in [-0.1, -0.05) is 23.7 Å². The zero-order chi connectivity index (χ0) is 15.4. The first-order valence-corrected chi connectivity index (χ1v) is 6.43. The number of non-ortho nitro benzene ring substituents is 1. The van der Waals surface area contributed by atoms with Gasteiger partial charge in [-0.25, -0.2) is 4.79 Å². The molecule has 2 aromatic carbocycles. The van der Waals surface area contributed by atoms with Gasteiger partial charge in [0.2, 0.25) is 0 Å². The molecule has 0 aliphatic rings. The van der Waals surface area contributed by atoms with Gasteiger partial charge in [0.05, 0.1) is 15.6 Å². The summed E-state index contributed by atoms with van der Waals surface area (Å²) in [6.45, 7) is 1.68. The fraction of sp³-hybridized carbons (Fsp3) is 0.0714. The van der Waals surface area contributed by atoms with E-state index >= 15 is 0 Å². The Bertz CT molecular complexity index is 704. The lowest BCUT2D eigenvalue weighted by molar-refractivity contribution is -0.384. The summed E-state index contributed by atoms with van der Waals surface area (Å²) in [5, 5.41) is 16.3. The highest BCUT2D eigenvalue weighted by atomic mass is 35.5. The first-order chi connectivity index (χ1) is 9.97. The summed E-state index contributed by atoms with van der Waals surface area (Å²) in [6, 6.07) is 10.6. The van der Waals surface area contributed by atoms with E-state index in [4.69, 9.17) is 11.6 Å². The van der Waals surface area contributed by atoms with Crippen LogP contribution in [0.25, 0.3) is 0 Å². The van der Waals surface area contributed by atoms with Crippen molar-refractivity contribution in [2.75, 3.05) is 10.6 Å². The minimum absolute atomic E-state index is 0.0236. The van der Waals surface area contributed by atoms with Gasteiger partial charge < -0.3 is 10.6 Å². The highest BCUT2D eigenvalue weighted by Crippen LogP contribution is 2.23. The van der Waals surface area contributed by atoms with Crippen molar-refractivity contribution in [3.8, 4) is 0 Å². The molecular weight excluding hydrogens is 294 g/mol. The van der Waals surface area contributed by atoms with Gasteiger partial charge in [0.25, 0.3) is 5.69 Å². The monoisotopic (exact) mass is 305 g/mol. The van der Waals surface area contributed by atoms with E-state index in [-0.39, 0.29) is 5.69 Å². The number of anilines is 2. The number of para-hydroxylation sites is 1. The lowest BCUT2D eigenvalue weighted by Gasteiger charge is -2.10. The number of nitrogens with one attached hydrogen (secondary N) is 2. The van der Waals surface area contributed by atoms with E-state index in [1.54, 1.807) is 31.2 Å². The number of rotatable bonds is 3. The summed E-state index contributed by atoms with van der Waals surface area (Å²) in [7, 11) is 0. The van der Waals surface area contributed by atoms with Crippen molar-refractivity contribution in [1.82, 2.24) is 0 Å². The summed E-state index contributed by atoms with van der Waals surface area (Å²) in [5.41, 5.74) is 1.55. The average Bonchev–Trinajstić information content (AvgIpc) is 2.43. The quantitative estimate of drug-likeness (QED) is 0.658. The molecule has 2 rings (SSSR count). The second-order valence-corrected chi connectivity index (χ2v) is 4.72. The Morgan fingerprint density at radius 2 is 1.81 bits per heavy atom. The minimum Gasteiger partial charge on any atom is -0.307 e. The smallest absolute Gasteiger partial charge is 0.307 e. The van der Waals surface area contributed by atoms with Crippen molar-refractivity contribution in [3.05, 3.63) is 63.2 Å². The second-order valence-electron chi connectivity index (χ2n) is 4.32. The van der Waals surface area contributed by atoms with Crippen LogP contribution in [-0.2, 0) is 0 Å².